The average molecular weight is 493 g/mol. The average Bonchev–Trinajstić information content (AvgIpc) is 3.24. The van der Waals surface area contributed by atoms with E-state index in [4.69, 9.17) is 0 Å². The monoisotopic (exact) mass is 492 g/mol. The van der Waals surface area contributed by atoms with Gasteiger partial charge in [-0.05, 0) is 30.3 Å². The lowest BCUT2D eigenvalue weighted by molar-refractivity contribution is 0.138. The minimum Gasteiger partial charge on any atom is -0.322 e. The number of benzene rings is 2. The highest BCUT2D eigenvalue weighted by molar-refractivity contribution is 7.88. The number of amides is 2. The van der Waals surface area contributed by atoms with E-state index in [0.29, 0.717) is 38.3 Å². The topological polar surface area (TPSA) is 64.2 Å². The molecule has 2 saturated heterocycles. The van der Waals surface area contributed by atoms with Crippen LogP contribution in [-0.2, 0) is 16.6 Å². The molecule has 0 radical (unpaired) electrons. The van der Waals surface area contributed by atoms with Gasteiger partial charge in [-0.2, -0.15) is 4.31 Å². The van der Waals surface area contributed by atoms with Crippen LogP contribution in [0.15, 0.2) is 48.5 Å². The predicted octanol–water partition coefficient (Wildman–Crippen LogP) is 2.56. The van der Waals surface area contributed by atoms with Crippen molar-refractivity contribution in [3.63, 3.8) is 0 Å². The Balaban J connectivity index is 1.50. The highest BCUT2D eigenvalue weighted by Crippen LogP contribution is 2.32. The van der Waals surface area contributed by atoms with E-state index in [0.717, 1.165) is 11.6 Å². The summed E-state index contributed by atoms with van der Waals surface area (Å²) in [5, 5.41) is 0. The van der Waals surface area contributed by atoms with Crippen molar-refractivity contribution in [1.29, 1.82) is 0 Å². The normalized spacial score (nSPS) is 21.9. The number of hydrogen-bond donors (Lipinski definition) is 0. The van der Waals surface area contributed by atoms with Crippen LogP contribution in [0.4, 0.5) is 13.6 Å². The van der Waals surface area contributed by atoms with Gasteiger partial charge < -0.3 is 9.80 Å². The Hall–Kier alpha value is -2.56. The highest BCUT2D eigenvalue weighted by Gasteiger charge is 2.40. The van der Waals surface area contributed by atoms with Crippen LogP contribution in [0.1, 0.15) is 17.0 Å². The van der Waals surface area contributed by atoms with Crippen molar-refractivity contribution in [2.75, 3.05) is 52.6 Å². The molecule has 2 amide bonds. The molecule has 2 heterocycles. The van der Waals surface area contributed by atoms with Crippen LogP contribution in [0.25, 0.3) is 0 Å². The molecule has 2 aromatic rings. The van der Waals surface area contributed by atoms with E-state index in [1.165, 1.54) is 22.7 Å². The number of piperazine rings is 1. The summed E-state index contributed by atoms with van der Waals surface area (Å²) in [4.78, 5) is 18.9. The van der Waals surface area contributed by atoms with Crippen molar-refractivity contribution in [1.82, 2.24) is 19.0 Å². The van der Waals surface area contributed by atoms with Gasteiger partial charge in [0, 0.05) is 63.8 Å². The first-order valence-electron chi connectivity index (χ1n) is 11.3. The summed E-state index contributed by atoms with van der Waals surface area (Å²) in [6.07, 6.45) is 1.18. The van der Waals surface area contributed by atoms with Gasteiger partial charge in [0.05, 0.1) is 6.26 Å². The predicted molar refractivity (Wildman–Crippen MR) is 126 cm³/mol. The van der Waals surface area contributed by atoms with Crippen molar-refractivity contribution < 1.29 is 22.0 Å². The number of halogens is 2. The molecule has 2 aliphatic rings. The Bertz CT molecular complexity index is 1100. The largest absolute Gasteiger partial charge is 0.322 e. The van der Waals surface area contributed by atoms with Crippen LogP contribution in [0.2, 0.25) is 0 Å². The van der Waals surface area contributed by atoms with Gasteiger partial charge in [0.15, 0.2) is 0 Å². The third-order valence-corrected chi connectivity index (χ3v) is 7.99. The molecular formula is C24H30F2N4O3S. The Morgan fingerprint density at radius 2 is 1.59 bits per heavy atom. The molecule has 2 aromatic carbocycles. The zero-order valence-electron chi connectivity index (χ0n) is 19.4. The molecule has 34 heavy (non-hydrogen) atoms. The molecule has 2 unspecified atom stereocenters. The first kappa shape index (κ1) is 24.6. The number of carbonyl (C=O) groups excluding carboxylic acids is 1. The van der Waals surface area contributed by atoms with Gasteiger partial charge in [0.25, 0.3) is 0 Å². The number of hydrogen-bond acceptors (Lipinski definition) is 4. The second-order valence-corrected chi connectivity index (χ2v) is 11.1. The molecule has 184 valence electrons. The van der Waals surface area contributed by atoms with Crippen molar-refractivity contribution in [2.24, 2.45) is 0 Å². The van der Waals surface area contributed by atoms with E-state index in [-0.39, 0.29) is 31.1 Å². The summed E-state index contributed by atoms with van der Waals surface area (Å²) in [5.41, 5.74) is 1.63. The number of rotatable bonds is 5. The fraction of sp³-hybridized carbons (Fsp3) is 0.458. The fourth-order valence-electron chi connectivity index (χ4n) is 4.94. The van der Waals surface area contributed by atoms with Crippen LogP contribution in [0.5, 0.6) is 0 Å². The van der Waals surface area contributed by atoms with Crippen LogP contribution >= 0.6 is 0 Å². The van der Waals surface area contributed by atoms with Gasteiger partial charge in [-0.25, -0.2) is 22.0 Å². The first-order chi connectivity index (χ1) is 16.1. The van der Waals surface area contributed by atoms with Gasteiger partial charge in [-0.15, -0.1) is 0 Å². The molecule has 0 saturated carbocycles. The van der Waals surface area contributed by atoms with Crippen molar-refractivity contribution in [3.8, 4) is 0 Å². The number of urea groups is 1. The molecule has 2 fully saturated rings. The standard InChI is InChI=1S/C24H30F2N4O3S/c1-27(15-18-12-20(25)14-21(26)13-18)23-17-29(16-22(23)19-6-4-3-5-7-19)24(31)28-8-10-30(11-9-28)34(2,32)33/h3-7,12-14,22-23H,8-11,15-17H2,1-2H3. The summed E-state index contributed by atoms with van der Waals surface area (Å²) in [7, 11) is -1.37. The van der Waals surface area contributed by atoms with Gasteiger partial charge in [-0.3, -0.25) is 4.90 Å². The maximum Gasteiger partial charge on any atom is 0.320 e. The summed E-state index contributed by atoms with van der Waals surface area (Å²) >= 11 is 0. The molecule has 0 spiro atoms. The first-order valence-corrected chi connectivity index (χ1v) is 13.2. The van der Waals surface area contributed by atoms with Crippen LogP contribution in [0, 0.1) is 11.6 Å². The van der Waals surface area contributed by atoms with E-state index in [1.807, 2.05) is 42.3 Å². The highest BCUT2D eigenvalue weighted by atomic mass is 32.2. The van der Waals surface area contributed by atoms with Gasteiger partial charge in [0.2, 0.25) is 10.0 Å². The number of nitrogens with zero attached hydrogens (tertiary/aromatic N) is 4. The molecule has 0 N–H and O–H groups in total. The minimum atomic E-state index is -3.27. The molecule has 0 aliphatic carbocycles. The van der Waals surface area contributed by atoms with E-state index in [2.05, 4.69) is 0 Å². The van der Waals surface area contributed by atoms with E-state index in [9.17, 15) is 22.0 Å². The molecule has 10 heteroatoms. The Labute approximate surface area is 199 Å². The van der Waals surface area contributed by atoms with Gasteiger partial charge >= 0.3 is 6.03 Å². The summed E-state index contributed by atoms with van der Waals surface area (Å²) in [6.45, 7) is 2.60. The second-order valence-electron chi connectivity index (χ2n) is 9.11. The summed E-state index contributed by atoms with van der Waals surface area (Å²) < 4.78 is 52.4. The smallest absolute Gasteiger partial charge is 0.320 e. The quantitative estimate of drug-likeness (QED) is 0.644. The Morgan fingerprint density at radius 3 is 2.18 bits per heavy atom. The molecular weight excluding hydrogens is 462 g/mol. The number of likely N-dealkylation sites (tertiary alicyclic amines) is 1. The molecule has 0 aromatic heterocycles. The van der Waals surface area contributed by atoms with Crippen molar-refractivity contribution in [3.05, 3.63) is 71.3 Å². The maximum absolute atomic E-state index is 13.7. The number of likely N-dealkylation sites (N-methyl/N-ethyl adjacent to an activating group) is 1. The molecule has 2 aliphatic heterocycles. The van der Waals surface area contributed by atoms with Crippen molar-refractivity contribution in [2.45, 2.75) is 18.5 Å². The molecule has 7 nitrogen and oxygen atoms in total. The minimum absolute atomic E-state index is 0.0332. The number of sulfonamides is 1. The Kier molecular flexibility index (Phi) is 7.20. The van der Waals surface area contributed by atoms with Gasteiger partial charge in [0.1, 0.15) is 11.6 Å². The summed E-state index contributed by atoms with van der Waals surface area (Å²) in [6, 6.07) is 13.3. The third kappa shape index (κ3) is 5.56. The second kappa shape index (κ2) is 9.97. The maximum atomic E-state index is 13.7. The van der Waals surface area contributed by atoms with E-state index < -0.39 is 21.7 Å². The lowest BCUT2D eigenvalue weighted by Gasteiger charge is -2.35. The van der Waals surface area contributed by atoms with E-state index >= 15 is 0 Å². The fourth-order valence-corrected chi connectivity index (χ4v) is 5.76. The Morgan fingerprint density at radius 1 is 0.971 bits per heavy atom. The van der Waals surface area contributed by atoms with Crippen LogP contribution in [0.3, 0.4) is 0 Å². The van der Waals surface area contributed by atoms with Gasteiger partial charge in [-0.1, -0.05) is 30.3 Å². The lowest BCUT2D eigenvalue weighted by Crippen LogP contribution is -2.53. The van der Waals surface area contributed by atoms with E-state index in [1.54, 1.807) is 9.80 Å². The SMILES string of the molecule is CN(Cc1cc(F)cc(F)c1)C1CN(C(=O)N2CCN(S(C)(=O)=O)CC2)CC1c1ccccc1. The van der Waals surface area contributed by atoms with Crippen molar-refractivity contribution >= 4 is 16.1 Å². The number of carbonyl (C=O) groups is 1. The zero-order valence-corrected chi connectivity index (χ0v) is 20.2. The zero-order chi connectivity index (χ0) is 24.5. The molecule has 4 rings (SSSR count). The molecule has 2 atom stereocenters. The van der Waals surface area contributed by atoms with Crippen LogP contribution in [-0.4, -0.2) is 92.1 Å². The molecule has 0 bridgehead atoms. The lowest BCUT2D eigenvalue weighted by atomic mass is 9.93. The third-order valence-electron chi connectivity index (χ3n) is 6.69. The summed E-state index contributed by atoms with van der Waals surface area (Å²) in [5.74, 6) is -1.19. The van der Waals surface area contributed by atoms with Crippen LogP contribution < -0.4 is 0 Å².